The number of alkyl halides is 1. The number of phenols is 1. The predicted octanol–water partition coefficient (Wildman–Crippen LogP) is 11.5. The Balaban J connectivity index is 0.000000184. The number of carbonyl (C=O) groups excluding carboxylic acids is 2. The molecule has 2 aliphatic rings. The lowest BCUT2D eigenvalue weighted by molar-refractivity contribution is 0.0702. The van der Waals surface area contributed by atoms with Gasteiger partial charge in [0.2, 0.25) is 0 Å². The smallest absolute Gasteiger partial charge is 0.253 e. The van der Waals surface area contributed by atoms with Crippen molar-refractivity contribution in [2.24, 2.45) is 0 Å². The second-order valence-corrected chi connectivity index (χ2v) is 19.1. The lowest BCUT2D eigenvalue weighted by atomic mass is 9.95. The van der Waals surface area contributed by atoms with E-state index in [0.717, 1.165) is 88.5 Å². The molecular weight excluding hydrogens is 1030 g/mol. The van der Waals surface area contributed by atoms with Crippen LogP contribution < -0.4 is 4.74 Å². The molecule has 2 saturated heterocycles. The third-order valence-electron chi connectivity index (χ3n) is 13.3. The highest BCUT2D eigenvalue weighted by atomic mass is 79.9. The van der Waals surface area contributed by atoms with E-state index < -0.39 is 17.4 Å². The maximum atomic E-state index is 14.5. The highest BCUT2D eigenvalue weighted by molar-refractivity contribution is 9.09. The number of likely N-dealkylation sites (tertiary alicyclic amines) is 2. The van der Waals surface area contributed by atoms with E-state index in [2.05, 4.69) is 29.8 Å². The molecule has 0 bridgehead atoms. The molecule has 8 aromatic rings. The van der Waals surface area contributed by atoms with Crippen LogP contribution in [0.5, 0.6) is 11.5 Å². The number of para-hydroxylation sites is 4. The van der Waals surface area contributed by atoms with Crippen LogP contribution >= 0.6 is 15.9 Å². The average molecular weight is 1090 g/mol. The molecule has 2 amide bonds. The first-order valence-electron chi connectivity index (χ1n) is 24.9. The number of aromatic hydroxyl groups is 1. The molecular formula is C58H59BrF4N6O6. The van der Waals surface area contributed by atoms with E-state index in [9.17, 15) is 32.3 Å². The van der Waals surface area contributed by atoms with Crippen molar-refractivity contribution in [2.75, 3.05) is 65.5 Å². The Kier molecular flexibility index (Phi) is 18.7. The lowest BCUT2D eigenvalue weighted by Gasteiger charge is -2.32. The van der Waals surface area contributed by atoms with Gasteiger partial charge >= 0.3 is 0 Å². The van der Waals surface area contributed by atoms with Crippen molar-refractivity contribution in [2.45, 2.75) is 50.6 Å². The summed E-state index contributed by atoms with van der Waals surface area (Å²) in [5.74, 6) is -0.544. The molecule has 0 spiro atoms. The third kappa shape index (κ3) is 13.6. The molecule has 0 aliphatic carbocycles. The first-order chi connectivity index (χ1) is 36.4. The maximum absolute atomic E-state index is 14.5. The van der Waals surface area contributed by atoms with Gasteiger partial charge in [-0.3, -0.25) is 9.59 Å². The van der Waals surface area contributed by atoms with Crippen molar-refractivity contribution >= 4 is 49.8 Å². The van der Waals surface area contributed by atoms with Gasteiger partial charge in [0.05, 0.1) is 35.3 Å². The summed E-state index contributed by atoms with van der Waals surface area (Å²) in [6.07, 6.45) is 2.91. The van der Waals surface area contributed by atoms with Crippen molar-refractivity contribution in [3.63, 3.8) is 0 Å². The second kappa shape index (κ2) is 25.9. The Morgan fingerprint density at radius 2 is 1.04 bits per heavy atom. The summed E-state index contributed by atoms with van der Waals surface area (Å²) in [7, 11) is 3.23. The van der Waals surface area contributed by atoms with Gasteiger partial charge in [-0.1, -0.05) is 64.5 Å². The van der Waals surface area contributed by atoms with Crippen LogP contribution in [0.15, 0.2) is 133 Å². The van der Waals surface area contributed by atoms with Crippen LogP contribution in [0.1, 0.15) is 81.0 Å². The molecule has 1 N–H and O–H groups in total. The van der Waals surface area contributed by atoms with Crippen LogP contribution in [0.25, 0.3) is 22.1 Å². The van der Waals surface area contributed by atoms with Crippen LogP contribution in [0, 0.1) is 23.3 Å². The molecule has 4 heterocycles. The Labute approximate surface area is 441 Å². The fourth-order valence-corrected chi connectivity index (χ4v) is 9.85. The first kappa shape index (κ1) is 54.2. The molecule has 0 atom stereocenters. The monoisotopic (exact) mass is 1090 g/mol. The van der Waals surface area contributed by atoms with Gasteiger partial charge in [-0.05, 0) is 122 Å². The molecule has 0 unspecified atom stereocenters. The first-order valence-corrected chi connectivity index (χ1v) is 26.0. The summed E-state index contributed by atoms with van der Waals surface area (Å²) in [6.45, 7) is 4.55. The minimum absolute atomic E-state index is 0.101. The maximum Gasteiger partial charge on any atom is 0.253 e. The van der Waals surface area contributed by atoms with Crippen LogP contribution in [-0.4, -0.2) is 111 Å². The molecule has 0 radical (unpaired) electrons. The number of amides is 2. The quantitative estimate of drug-likeness (QED) is 0.0649. The Morgan fingerprint density at radius 1 is 0.573 bits per heavy atom. The summed E-state index contributed by atoms with van der Waals surface area (Å²) in [4.78, 5) is 39.2. The summed E-state index contributed by atoms with van der Waals surface area (Å²) in [5.41, 5.74) is 6.04. The lowest BCUT2D eigenvalue weighted by Crippen LogP contribution is -2.38. The molecule has 12 nitrogen and oxygen atoms in total. The topological polar surface area (TPSA) is 124 Å². The number of methoxy groups -OCH3 is 2. The molecule has 75 heavy (non-hydrogen) atoms. The van der Waals surface area contributed by atoms with Gasteiger partial charge < -0.3 is 38.3 Å². The fourth-order valence-electron chi connectivity index (χ4n) is 9.53. The number of fused-ring (bicyclic) bond motifs is 2. The van der Waals surface area contributed by atoms with Crippen LogP contribution in [0.2, 0.25) is 0 Å². The van der Waals surface area contributed by atoms with E-state index in [-0.39, 0.29) is 53.2 Å². The summed E-state index contributed by atoms with van der Waals surface area (Å²) < 4.78 is 75.0. The molecule has 392 valence electrons. The predicted molar refractivity (Wildman–Crippen MR) is 284 cm³/mol. The number of hydrogen-bond acceptors (Lipinski definition) is 8. The molecule has 2 aliphatic heterocycles. The van der Waals surface area contributed by atoms with Crippen molar-refractivity contribution < 1.29 is 46.5 Å². The fraction of sp³-hybridized carbons (Fsp3) is 0.310. The summed E-state index contributed by atoms with van der Waals surface area (Å²) in [5, 5.41) is 10.3. The molecule has 2 fully saturated rings. The van der Waals surface area contributed by atoms with E-state index >= 15 is 0 Å². The van der Waals surface area contributed by atoms with Gasteiger partial charge in [0, 0.05) is 81.8 Å². The number of carbonyl (C=O) groups is 2. The zero-order valence-corrected chi connectivity index (χ0v) is 43.4. The number of halogens is 5. The normalized spacial score (nSPS) is 14.1. The van der Waals surface area contributed by atoms with Gasteiger partial charge in [-0.2, -0.15) is 0 Å². The number of benzene rings is 6. The zero-order valence-electron chi connectivity index (χ0n) is 41.8. The standard InChI is InChI=1S/C29H29F2N3O3.C26H23F2N3O2.C3H7BrO/c1-36-15-16-37-27-10-9-22(18-24(27)31)29(35)33-13-11-21(12-14-33)28-32-25-7-2-3-8-26(25)34(28)19-20-5-4-6-23(30)17-20;27-20-5-3-4-17(14-20)16-31-23-7-2-1-6-22(23)29-25(31)18-10-12-30(13-11-18)26(33)19-8-9-24(32)21(28)15-19;1-5-3-2-4/h2-10,17-18,21H,11-16,19H2,1H3;1-9,14-15,18,32H,10-13,16H2;2-3H2,1H3. The van der Waals surface area contributed by atoms with Crippen LogP contribution in [0.3, 0.4) is 0 Å². The van der Waals surface area contributed by atoms with E-state index in [1.807, 2.05) is 60.7 Å². The molecule has 0 saturated carbocycles. The van der Waals surface area contributed by atoms with E-state index in [0.29, 0.717) is 51.4 Å². The second-order valence-electron chi connectivity index (χ2n) is 18.3. The number of piperidine rings is 2. The van der Waals surface area contributed by atoms with Gasteiger partial charge in [0.25, 0.3) is 11.8 Å². The third-order valence-corrected chi connectivity index (χ3v) is 13.6. The number of aromatic nitrogens is 4. The molecule has 6 aromatic carbocycles. The van der Waals surface area contributed by atoms with Crippen LogP contribution in [0.4, 0.5) is 17.6 Å². The minimum atomic E-state index is -0.804. The Hall–Kier alpha value is -7.08. The van der Waals surface area contributed by atoms with E-state index in [1.54, 1.807) is 48.3 Å². The average Bonchev–Trinajstić information content (AvgIpc) is 3.98. The number of hydrogen-bond donors (Lipinski definition) is 1. The highest BCUT2D eigenvalue weighted by Crippen LogP contribution is 2.34. The number of phenolic OH excluding ortho intramolecular Hbond substituents is 1. The van der Waals surface area contributed by atoms with E-state index in [1.165, 1.54) is 42.5 Å². The van der Waals surface area contributed by atoms with Crippen molar-refractivity contribution in [1.82, 2.24) is 28.9 Å². The molecule has 17 heteroatoms. The van der Waals surface area contributed by atoms with Crippen molar-refractivity contribution in [3.05, 3.63) is 191 Å². The van der Waals surface area contributed by atoms with Gasteiger partial charge in [0.15, 0.2) is 23.1 Å². The van der Waals surface area contributed by atoms with Gasteiger partial charge in [-0.15, -0.1) is 0 Å². The SMILES string of the molecule is COCCBr.COCCOc1ccc(C(=O)N2CCC(c3nc4ccccc4n3Cc3cccc(F)c3)CC2)cc1F.O=C(c1ccc(O)c(F)c1)N1CCC(c2nc3ccccc3n2Cc2cccc(F)c2)CC1. The number of nitrogens with zero attached hydrogens (tertiary/aromatic N) is 6. The van der Waals surface area contributed by atoms with Crippen molar-refractivity contribution in [1.29, 1.82) is 0 Å². The van der Waals surface area contributed by atoms with E-state index in [4.69, 9.17) is 19.4 Å². The van der Waals surface area contributed by atoms with Crippen molar-refractivity contribution in [3.8, 4) is 11.5 Å². The van der Waals surface area contributed by atoms with Gasteiger partial charge in [-0.25, -0.2) is 27.5 Å². The number of ether oxygens (including phenoxy) is 3. The minimum Gasteiger partial charge on any atom is -0.505 e. The number of rotatable bonds is 14. The summed E-state index contributed by atoms with van der Waals surface area (Å²) in [6, 6.07) is 37.1. The number of imidazole rings is 2. The molecule has 10 rings (SSSR count). The van der Waals surface area contributed by atoms with Gasteiger partial charge in [0.1, 0.15) is 29.9 Å². The Bertz CT molecular complexity index is 3210. The van der Waals surface area contributed by atoms with Crippen LogP contribution in [-0.2, 0) is 22.6 Å². The zero-order chi connectivity index (χ0) is 52.8. The highest BCUT2D eigenvalue weighted by Gasteiger charge is 2.30. The largest absolute Gasteiger partial charge is 0.505 e. The molecule has 2 aromatic heterocycles. The summed E-state index contributed by atoms with van der Waals surface area (Å²) >= 11 is 3.18. The Morgan fingerprint density at radius 3 is 1.47 bits per heavy atom.